The first kappa shape index (κ1) is 13.6. The maximum atomic E-state index is 8.86. The van der Waals surface area contributed by atoms with Crippen molar-refractivity contribution in [2.45, 2.75) is 13.5 Å². The molecule has 0 aliphatic carbocycles. The molecule has 6 heteroatoms. The van der Waals surface area contributed by atoms with Crippen molar-refractivity contribution >= 4 is 17.6 Å². The van der Waals surface area contributed by atoms with Gasteiger partial charge in [0, 0.05) is 19.2 Å². The van der Waals surface area contributed by atoms with E-state index >= 15 is 0 Å². The molecule has 0 radical (unpaired) electrons. The first-order chi connectivity index (χ1) is 9.71. The minimum absolute atomic E-state index is 0.219. The average molecular weight is 268 g/mol. The van der Waals surface area contributed by atoms with E-state index in [2.05, 4.69) is 26.7 Å². The van der Waals surface area contributed by atoms with Gasteiger partial charge in [-0.25, -0.2) is 0 Å². The van der Waals surface area contributed by atoms with Crippen LogP contribution in [0.5, 0.6) is 0 Å². The third kappa shape index (κ3) is 3.59. The van der Waals surface area contributed by atoms with E-state index in [9.17, 15) is 0 Å². The molecule has 0 aliphatic heterocycles. The zero-order chi connectivity index (χ0) is 14.4. The Balaban J connectivity index is 2.08. The van der Waals surface area contributed by atoms with E-state index in [1.54, 1.807) is 12.1 Å². The summed E-state index contributed by atoms with van der Waals surface area (Å²) < 4.78 is 0. The molecule has 2 aromatic rings. The van der Waals surface area contributed by atoms with Crippen LogP contribution in [0.4, 0.5) is 17.6 Å². The van der Waals surface area contributed by atoms with E-state index in [-0.39, 0.29) is 5.95 Å². The Bertz CT molecular complexity index is 632. The Morgan fingerprint density at radius 3 is 2.65 bits per heavy atom. The second-order valence-corrected chi connectivity index (χ2v) is 4.19. The topological polar surface area (TPSA) is 99.6 Å². The highest BCUT2D eigenvalue weighted by Crippen LogP contribution is 2.14. The molecule has 0 bridgehead atoms. The zero-order valence-corrected chi connectivity index (χ0v) is 11.2. The number of nitrogen functional groups attached to an aromatic ring is 1. The van der Waals surface area contributed by atoms with Gasteiger partial charge in [0.15, 0.2) is 0 Å². The van der Waals surface area contributed by atoms with Crippen LogP contribution in [-0.4, -0.2) is 16.5 Å². The van der Waals surface area contributed by atoms with Crippen LogP contribution in [0.3, 0.4) is 0 Å². The number of nitrogens with zero attached hydrogens (tertiary/aromatic N) is 3. The van der Waals surface area contributed by atoms with Crippen molar-refractivity contribution in [3.05, 3.63) is 41.5 Å². The van der Waals surface area contributed by atoms with Gasteiger partial charge >= 0.3 is 0 Å². The van der Waals surface area contributed by atoms with Gasteiger partial charge in [-0.1, -0.05) is 12.1 Å². The van der Waals surface area contributed by atoms with Gasteiger partial charge in [-0.3, -0.25) is 0 Å². The molecule has 0 saturated carbocycles. The molecule has 2 rings (SSSR count). The number of aromatic nitrogens is 2. The van der Waals surface area contributed by atoms with E-state index in [0.29, 0.717) is 23.7 Å². The Hall–Kier alpha value is -2.81. The standard InChI is InChI=1S/C14H16N6/c1-2-17-12-7-13(20-14(16)19-12)18-9-11-5-3-4-10(6-11)8-15/h3-7H,2,9H2,1H3,(H4,16,17,18,19,20). The maximum Gasteiger partial charge on any atom is 0.223 e. The van der Waals surface area contributed by atoms with Gasteiger partial charge in [0.2, 0.25) is 5.95 Å². The lowest BCUT2D eigenvalue weighted by Crippen LogP contribution is -2.07. The van der Waals surface area contributed by atoms with Crippen LogP contribution in [-0.2, 0) is 6.54 Å². The molecule has 20 heavy (non-hydrogen) atoms. The van der Waals surface area contributed by atoms with E-state index in [1.807, 2.05) is 25.1 Å². The minimum Gasteiger partial charge on any atom is -0.370 e. The van der Waals surface area contributed by atoms with Crippen LogP contribution >= 0.6 is 0 Å². The highest BCUT2D eigenvalue weighted by molar-refractivity contribution is 5.51. The average Bonchev–Trinajstić information content (AvgIpc) is 2.45. The second kappa shape index (κ2) is 6.38. The number of nitrogens with two attached hydrogens (primary N) is 1. The lowest BCUT2D eigenvalue weighted by Gasteiger charge is -2.09. The summed E-state index contributed by atoms with van der Waals surface area (Å²) in [5.41, 5.74) is 7.30. The molecule has 6 nitrogen and oxygen atoms in total. The van der Waals surface area contributed by atoms with Crippen LogP contribution < -0.4 is 16.4 Å². The third-order valence-electron chi connectivity index (χ3n) is 2.63. The number of hydrogen-bond donors (Lipinski definition) is 3. The normalized spacial score (nSPS) is 9.80. The van der Waals surface area contributed by atoms with Crippen LogP contribution in [0.15, 0.2) is 30.3 Å². The second-order valence-electron chi connectivity index (χ2n) is 4.19. The van der Waals surface area contributed by atoms with E-state index in [1.165, 1.54) is 0 Å². The fraction of sp³-hybridized carbons (Fsp3) is 0.214. The van der Waals surface area contributed by atoms with Crippen LogP contribution in [0.25, 0.3) is 0 Å². The Morgan fingerprint density at radius 1 is 1.20 bits per heavy atom. The first-order valence-electron chi connectivity index (χ1n) is 6.32. The summed E-state index contributed by atoms with van der Waals surface area (Å²) in [6.45, 7) is 3.32. The van der Waals surface area contributed by atoms with Crippen molar-refractivity contribution in [3.63, 3.8) is 0 Å². The Labute approximate surface area is 117 Å². The van der Waals surface area contributed by atoms with Crippen LogP contribution in [0.2, 0.25) is 0 Å². The van der Waals surface area contributed by atoms with Crippen molar-refractivity contribution in [3.8, 4) is 6.07 Å². The molecule has 0 atom stereocenters. The smallest absolute Gasteiger partial charge is 0.223 e. The quantitative estimate of drug-likeness (QED) is 0.766. The Kier molecular flexibility index (Phi) is 4.35. The molecule has 4 N–H and O–H groups in total. The van der Waals surface area contributed by atoms with Gasteiger partial charge in [0.25, 0.3) is 0 Å². The summed E-state index contributed by atoms with van der Waals surface area (Å²) >= 11 is 0. The molecule has 0 aliphatic rings. The summed E-state index contributed by atoms with van der Waals surface area (Å²) in [5, 5.41) is 15.1. The highest BCUT2D eigenvalue weighted by atomic mass is 15.1. The number of nitrogens with one attached hydrogen (secondary N) is 2. The van der Waals surface area contributed by atoms with Gasteiger partial charge in [-0.2, -0.15) is 15.2 Å². The first-order valence-corrected chi connectivity index (χ1v) is 6.32. The van der Waals surface area contributed by atoms with Crippen molar-refractivity contribution in [2.75, 3.05) is 22.9 Å². The summed E-state index contributed by atoms with van der Waals surface area (Å²) in [6.07, 6.45) is 0. The maximum absolute atomic E-state index is 8.86. The predicted octanol–water partition coefficient (Wildman–Crippen LogP) is 1.97. The number of rotatable bonds is 5. The molecule has 0 fully saturated rings. The van der Waals surface area contributed by atoms with Gasteiger partial charge in [0.1, 0.15) is 11.6 Å². The summed E-state index contributed by atoms with van der Waals surface area (Å²) in [7, 11) is 0. The fourth-order valence-electron chi connectivity index (χ4n) is 1.77. The van der Waals surface area contributed by atoms with E-state index in [0.717, 1.165) is 12.1 Å². The lowest BCUT2D eigenvalue weighted by molar-refractivity contribution is 1.07. The van der Waals surface area contributed by atoms with Crippen molar-refractivity contribution in [1.82, 2.24) is 9.97 Å². The monoisotopic (exact) mass is 268 g/mol. The molecule has 0 unspecified atom stereocenters. The minimum atomic E-state index is 0.219. The van der Waals surface area contributed by atoms with Crippen molar-refractivity contribution < 1.29 is 0 Å². The largest absolute Gasteiger partial charge is 0.370 e. The van der Waals surface area contributed by atoms with Gasteiger partial charge < -0.3 is 16.4 Å². The van der Waals surface area contributed by atoms with Crippen molar-refractivity contribution in [2.24, 2.45) is 0 Å². The van der Waals surface area contributed by atoms with Gasteiger partial charge in [0.05, 0.1) is 11.6 Å². The number of benzene rings is 1. The molecule has 0 amide bonds. The number of hydrogen-bond acceptors (Lipinski definition) is 6. The summed E-state index contributed by atoms with van der Waals surface area (Å²) in [4.78, 5) is 8.20. The summed E-state index contributed by atoms with van der Waals surface area (Å²) in [5.74, 6) is 1.56. The van der Waals surface area contributed by atoms with Crippen LogP contribution in [0.1, 0.15) is 18.1 Å². The Morgan fingerprint density at radius 2 is 1.95 bits per heavy atom. The fourth-order valence-corrected chi connectivity index (χ4v) is 1.77. The van der Waals surface area contributed by atoms with Gasteiger partial charge in [-0.15, -0.1) is 0 Å². The highest BCUT2D eigenvalue weighted by Gasteiger charge is 2.02. The van der Waals surface area contributed by atoms with Crippen LogP contribution in [0, 0.1) is 11.3 Å². The van der Waals surface area contributed by atoms with E-state index < -0.39 is 0 Å². The number of anilines is 3. The molecular weight excluding hydrogens is 252 g/mol. The SMILES string of the molecule is CCNc1cc(NCc2cccc(C#N)c2)nc(N)n1. The number of nitriles is 1. The van der Waals surface area contributed by atoms with E-state index in [4.69, 9.17) is 11.0 Å². The molecule has 1 heterocycles. The molecule has 1 aromatic carbocycles. The molecule has 102 valence electrons. The lowest BCUT2D eigenvalue weighted by atomic mass is 10.1. The molecule has 0 spiro atoms. The predicted molar refractivity (Wildman–Crippen MR) is 79.1 cm³/mol. The zero-order valence-electron chi connectivity index (χ0n) is 11.2. The molecular formula is C14H16N6. The third-order valence-corrected chi connectivity index (χ3v) is 2.63. The van der Waals surface area contributed by atoms with Crippen molar-refractivity contribution in [1.29, 1.82) is 5.26 Å². The molecule has 1 aromatic heterocycles. The van der Waals surface area contributed by atoms with Gasteiger partial charge in [-0.05, 0) is 24.6 Å². The summed E-state index contributed by atoms with van der Waals surface area (Å²) in [6, 6.07) is 11.3. The molecule has 0 saturated heterocycles.